The molecule has 11 heteroatoms. The van der Waals surface area contributed by atoms with Gasteiger partial charge in [-0.1, -0.05) is 41.9 Å². The molecule has 1 atom stereocenters. The van der Waals surface area contributed by atoms with E-state index in [4.69, 9.17) is 21.1 Å². The van der Waals surface area contributed by atoms with Crippen molar-refractivity contribution in [2.24, 2.45) is 0 Å². The van der Waals surface area contributed by atoms with Crippen LogP contribution < -0.4 is 25.4 Å². The first-order valence-corrected chi connectivity index (χ1v) is 12.7. The quantitative estimate of drug-likeness (QED) is 0.203. The van der Waals surface area contributed by atoms with Crippen LogP contribution in [-0.4, -0.2) is 48.0 Å². The molecule has 0 radical (unpaired) electrons. The summed E-state index contributed by atoms with van der Waals surface area (Å²) in [5.41, 5.74) is 2.88. The van der Waals surface area contributed by atoms with E-state index in [1.54, 1.807) is 30.5 Å². The maximum absolute atomic E-state index is 13.5. The summed E-state index contributed by atoms with van der Waals surface area (Å²) in [7, 11) is 2.89. The molecular formula is C29H29ClN4O6. The van der Waals surface area contributed by atoms with E-state index in [-0.39, 0.29) is 17.3 Å². The fourth-order valence-corrected chi connectivity index (χ4v) is 4.75. The van der Waals surface area contributed by atoms with Crippen LogP contribution in [0, 0.1) is 6.92 Å². The smallest absolute Gasteiger partial charge is 0.416 e. The lowest BCUT2D eigenvalue weighted by Gasteiger charge is -2.19. The Balaban J connectivity index is 1.58. The van der Waals surface area contributed by atoms with Gasteiger partial charge in [-0.2, -0.15) is 0 Å². The van der Waals surface area contributed by atoms with Gasteiger partial charge in [0.05, 0.1) is 41.7 Å². The van der Waals surface area contributed by atoms with Crippen molar-refractivity contribution in [2.45, 2.75) is 26.3 Å². The number of para-hydroxylation sites is 2. The maximum atomic E-state index is 13.5. The third kappa shape index (κ3) is 5.97. The molecule has 0 bridgehead atoms. The molecule has 208 valence electrons. The minimum atomic E-state index is -1.09. The Morgan fingerprint density at radius 1 is 1.00 bits per heavy atom. The molecule has 0 aliphatic carbocycles. The molecule has 10 nitrogen and oxygen atoms in total. The van der Waals surface area contributed by atoms with Crippen LogP contribution in [0.15, 0.2) is 60.8 Å². The number of rotatable bonds is 8. The number of urea groups is 1. The van der Waals surface area contributed by atoms with Crippen LogP contribution in [0.1, 0.15) is 28.4 Å². The fourth-order valence-electron chi connectivity index (χ4n) is 4.48. The van der Waals surface area contributed by atoms with Crippen LogP contribution in [0.25, 0.3) is 10.9 Å². The predicted octanol–water partition coefficient (Wildman–Crippen LogP) is 6.15. The van der Waals surface area contributed by atoms with Gasteiger partial charge >= 0.3 is 12.1 Å². The molecule has 0 fully saturated rings. The molecule has 0 aliphatic heterocycles. The minimum absolute atomic E-state index is 0.142. The largest absolute Gasteiger partial charge is 0.493 e. The highest BCUT2D eigenvalue weighted by Gasteiger charge is 2.22. The van der Waals surface area contributed by atoms with E-state index in [1.165, 1.54) is 26.4 Å². The highest BCUT2D eigenvalue weighted by Crippen LogP contribution is 2.34. The number of carboxylic acid groups (broad SMARTS) is 1. The predicted molar refractivity (Wildman–Crippen MR) is 154 cm³/mol. The Morgan fingerprint density at radius 2 is 1.70 bits per heavy atom. The molecule has 0 spiro atoms. The highest BCUT2D eigenvalue weighted by molar-refractivity contribution is 6.34. The van der Waals surface area contributed by atoms with Gasteiger partial charge in [0.25, 0.3) is 5.91 Å². The van der Waals surface area contributed by atoms with Gasteiger partial charge in [0.1, 0.15) is 0 Å². The minimum Gasteiger partial charge on any atom is -0.493 e. The van der Waals surface area contributed by atoms with E-state index in [2.05, 4.69) is 16.0 Å². The third-order valence-electron chi connectivity index (χ3n) is 6.38. The van der Waals surface area contributed by atoms with E-state index in [0.29, 0.717) is 34.1 Å². The SMILES string of the molecule is COc1cc(NC(=O)Nc2c(C)cccc2Cl)c(C(=O)N[C@H](C)Cc2cn(C(=O)O)c3ccccc23)cc1OC. The molecule has 3 amide bonds. The number of ether oxygens (including phenoxy) is 2. The van der Waals surface area contributed by atoms with Crippen LogP contribution in [0.4, 0.5) is 21.0 Å². The van der Waals surface area contributed by atoms with Crippen molar-refractivity contribution in [3.63, 3.8) is 0 Å². The Bertz CT molecular complexity index is 1580. The van der Waals surface area contributed by atoms with Crippen molar-refractivity contribution in [1.82, 2.24) is 9.88 Å². The van der Waals surface area contributed by atoms with E-state index in [9.17, 15) is 19.5 Å². The second kappa shape index (κ2) is 12.0. The molecule has 40 heavy (non-hydrogen) atoms. The van der Waals surface area contributed by atoms with Crippen LogP contribution >= 0.6 is 11.6 Å². The first-order chi connectivity index (χ1) is 19.1. The third-order valence-corrected chi connectivity index (χ3v) is 6.70. The normalized spacial score (nSPS) is 11.5. The lowest BCUT2D eigenvalue weighted by Crippen LogP contribution is -2.35. The maximum Gasteiger partial charge on any atom is 0.416 e. The van der Waals surface area contributed by atoms with Gasteiger partial charge in [-0.3, -0.25) is 9.36 Å². The van der Waals surface area contributed by atoms with Gasteiger partial charge < -0.3 is 30.5 Å². The summed E-state index contributed by atoms with van der Waals surface area (Å²) in [6, 6.07) is 14.4. The van der Waals surface area contributed by atoms with Gasteiger partial charge in [-0.05, 0) is 49.6 Å². The standard InChI is InChI=1S/C29H29ClN4O6/c1-16-8-7-10-21(30)26(16)33-28(36)32-22-14-25(40-4)24(39-3)13-20(22)27(35)31-17(2)12-18-15-34(29(37)38)23-11-6-5-9-19(18)23/h5-11,13-15,17H,12H2,1-4H3,(H,31,35)(H,37,38)(H2,32,33,36)/t17-/m1/s1. The number of carbonyl (C=O) groups excluding carboxylic acids is 2. The van der Waals surface area contributed by atoms with Crippen molar-refractivity contribution in [3.8, 4) is 11.5 Å². The molecule has 0 saturated heterocycles. The van der Waals surface area contributed by atoms with E-state index in [1.807, 2.05) is 32.0 Å². The van der Waals surface area contributed by atoms with E-state index >= 15 is 0 Å². The van der Waals surface area contributed by atoms with Gasteiger partial charge in [0, 0.05) is 23.7 Å². The summed E-state index contributed by atoms with van der Waals surface area (Å²) in [5.74, 6) is 0.148. The summed E-state index contributed by atoms with van der Waals surface area (Å²) in [6.45, 7) is 3.62. The number of aryl methyl sites for hydroxylation is 1. The lowest BCUT2D eigenvalue weighted by atomic mass is 10.0. The van der Waals surface area contributed by atoms with Crippen molar-refractivity contribution < 1.29 is 29.0 Å². The zero-order valence-corrected chi connectivity index (χ0v) is 23.1. The van der Waals surface area contributed by atoms with Crippen LogP contribution in [-0.2, 0) is 6.42 Å². The monoisotopic (exact) mass is 564 g/mol. The summed E-state index contributed by atoms with van der Waals surface area (Å²) in [6.07, 6.45) is 0.833. The first-order valence-electron chi connectivity index (χ1n) is 12.3. The zero-order chi connectivity index (χ0) is 29.0. The molecule has 3 aromatic carbocycles. The Hall–Kier alpha value is -4.70. The Morgan fingerprint density at radius 3 is 2.38 bits per heavy atom. The number of halogens is 1. The van der Waals surface area contributed by atoms with Crippen molar-refractivity contribution in [1.29, 1.82) is 0 Å². The zero-order valence-electron chi connectivity index (χ0n) is 22.4. The average molecular weight is 565 g/mol. The number of carbonyl (C=O) groups is 3. The Labute approximate surface area is 235 Å². The Kier molecular flexibility index (Phi) is 8.49. The molecule has 4 rings (SSSR count). The number of hydrogen-bond acceptors (Lipinski definition) is 5. The lowest BCUT2D eigenvalue weighted by molar-refractivity contribution is 0.0940. The number of nitrogens with one attached hydrogen (secondary N) is 3. The number of fused-ring (bicyclic) bond motifs is 1. The number of hydrogen-bond donors (Lipinski definition) is 4. The second-order valence-electron chi connectivity index (χ2n) is 9.17. The van der Waals surface area contributed by atoms with Crippen molar-refractivity contribution >= 4 is 51.9 Å². The van der Waals surface area contributed by atoms with Crippen LogP contribution in [0.2, 0.25) is 5.02 Å². The van der Waals surface area contributed by atoms with E-state index in [0.717, 1.165) is 21.1 Å². The summed E-state index contributed by atoms with van der Waals surface area (Å²) in [4.78, 5) is 38.1. The molecular weight excluding hydrogens is 536 g/mol. The van der Waals surface area contributed by atoms with Gasteiger partial charge in [0.2, 0.25) is 0 Å². The van der Waals surface area contributed by atoms with Crippen LogP contribution in [0.5, 0.6) is 11.5 Å². The molecule has 4 N–H and O–H groups in total. The van der Waals surface area contributed by atoms with Crippen molar-refractivity contribution in [2.75, 3.05) is 24.9 Å². The fraction of sp³-hybridized carbons (Fsp3) is 0.207. The second-order valence-corrected chi connectivity index (χ2v) is 9.57. The molecule has 0 aliphatic rings. The number of methoxy groups -OCH3 is 2. The number of benzene rings is 3. The summed E-state index contributed by atoms with van der Waals surface area (Å²) >= 11 is 6.25. The summed E-state index contributed by atoms with van der Waals surface area (Å²) in [5, 5.41) is 19.1. The van der Waals surface area contributed by atoms with Gasteiger partial charge in [-0.15, -0.1) is 0 Å². The number of anilines is 2. The topological polar surface area (TPSA) is 131 Å². The van der Waals surface area contributed by atoms with Gasteiger partial charge in [-0.25, -0.2) is 9.59 Å². The summed E-state index contributed by atoms with van der Waals surface area (Å²) < 4.78 is 11.9. The number of amides is 3. The number of aromatic nitrogens is 1. The first kappa shape index (κ1) is 28.3. The van der Waals surface area contributed by atoms with Gasteiger partial charge in [0.15, 0.2) is 11.5 Å². The van der Waals surface area contributed by atoms with E-state index < -0.39 is 18.0 Å². The van der Waals surface area contributed by atoms with Crippen LogP contribution in [0.3, 0.4) is 0 Å². The molecule has 1 aromatic heterocycles. The number of nitrogens with zero attached hydrogens (tertiary/aromatic N) is 1. The highest BCUT2D eigenvalue weighted by atomic mass is 35.5. The molecule has 1 heterocycles. The average Bonchev–Trinajstić information content (AvgIpc) is 3.29. The van der Waals surface area contributed by atoms with Crippen molar-refractivity contribution in [3.05, 3.63) is 82.5 Å². The molecule has 4 aromatic rings. The molecule has 0 saturated carbocycles. The molecule has 0 unspecified atom stereocenters.